The van der Waals surface area contributed by atoms with E-state index in [1.165, 1.54) is 4.90 Å². The van der Waals surface area contributed by atoms with Gasteiger partial charge in [-0.2, -0.15) is 0 Å². The number of hydrogen-bond donors (Lipinski definition) is 3. The third kappa shape index (κ3) is 5.06. The van der Waals surface area contributed by atoms with Gasteiger partial charge in [0.15, 0.2) is 0 Å². The van der Waals surface area contributed by atoms with Crippen molar-refractivity contribution in [1.82, 2.24) is 10.2 Å². The Kier molecular flexibility index (Phi) is 6.08. The van der Waals surface area contributed by atoms with Gasteiger partial charge in [-0.05, 0) is 12.8 Å². The number of nitrogens with one attached hydrogen (secondary N) is 1. The van der Waals surface area contributed by atoms with E-state index < -0.39 is 18.0 Å². The van der Waals surface area contributed by atoms with Crippen LogP contribution in [0, 0.1) is 5.92 Å². The highest BCUT2D eigenvalue weighted by Gasteiger charge is 2.25. The molecule has 0 heterocycles. The topological polar surface area (TPSA) is 89.9 Å². The van der Waals surface area contributed by atoms with Gasteiger partial charge in [0.2, 0.25) is 0 Å². The minimum absolute atomic E-state index is 0.157. The number of aliphatic hydroxyl groups excluding tert-OH is 1. The summed E-state index contributed by atoms with van der Waals surface area (Å²) in [5.41, 5.74) is 0. The molecule has 2 amide bonds. The Morgan fingerprint density at radius 2 is 1.95 bits per heavy atom. The Bertz CT molecular complexity index is 322. The monoisotopic (exact) mass is 272 g/mol. The molecule has 0 bridgehead atoms. The summed E-state index contributed by atoms with van der Waals surface area (Å²) in [4.78, 5) is 24.0. The lowest BCUT2D eigenvalue weighted by Crippen LogP contribution is -2.49. The van der Waals surface area contributed by atoms with Gasteiger partial charge in [0.05, 0.1) is 18.1 Å². The molecule has 0 aliphatic heterocycles. The number of carboxylic acids is 1. The van der Waals surface area contributed by atoms with Crippen LogP contribution < -0.4 is 5.32 Å². The number of aliphatic carboxylic acids is 1. The number of urea groups is 1. The molecule has 6 nitrogen and oxygen atoms in total. The van der Waals surface area contributed by atoms with Crippen LogP contribution in [0.4, 0.5) is 4.79 Å². The highest BCUT2D eigenvalue weighted by Crippen LogP contribution is 2.18. The number of carbonyl (C=O) groups excluding carboxylic acids is 1. The van der Waals surface area contributed by atoms with Crippen LogP contribution in [0.3, 0.4) is 0 Å². The van der Waals surface area contributed by atoms with Gasteiger partial charge in [-0.15, -0.1) is 0 Å². The van der Waals surface area contributed by atoms with E-state index in [1.807, 2.05) is 0 Å². The minimum Gasteiger partial charge on any atom is -0.481 e. The summed E-state index contributed by atoms with van der Waals surface area (Å²) in [7, 11) is 1.57. The Balaban J connectivity index is 2.46. The molecule has 110 valence electrons. The summed E-state index contributed by atoms with van der Waals surface area (Å²) in [6.45, 7) is 1.72. The first kappa shape index (κ1) is 15.8. The maximum Gasteiger partial charge on any atom is 0.317 e. The number of amides is 2. The fourth-order valence-corrected chi connectivity index (χ4v) is 2.30. The predicted molar refractivity (Wildman–Crippen MR) is 70.8 cm³/mol. The van der Waals surface area contributed by atoms with Crippen LogP contribution >= 0.6 is 0 Å². The zero-order chi connectivity index (χ0) is 14.4. The molecule has 19 heavy (non-hydrogen) atoms. The van der Waals surface area contributed by atoms with Crippen LogP contribution in [0.15, 0.2) is 0 Å². The van der Waals surface area contributed by atoms with E-state index in [9.17, 15) is 14.7 Å². The van der Waals surface area contributed by atoms with Crippen molar-refractivity contribution in [2.75, 3.05) is 13.6 Å². The number of nitrogens with zero attached hydrogens (tertiary/aromatic N) is 1. The fourth-order valence-electron chi connectivity index (χ4n) is 2.30. The largest absolute Gasteiger partial charge is 0.481 e. The third-order valence-electron chi connectivity index (χ3n) is 3.60. The summed E-state index contributed by atoms with van der Waals surface area (Å²) in [5.74, 6) is -1.52. The number of rotatable bonds is 4. The molecule has 0 aromatic heterocycles. The van der Waals surface area contributed by atoms with Gasteiger partial charge >= 0.3 is 12.0 Å². The average Bonchev–Trinajstić information content (AvgIpc) is 2.54. The lowest BCUT2D eigenvalue weighted by Gasteiger charge is -2.26. The van der Waals surface area contributed by atoms with Crippen LogP contribution in [0.2, 0.25) is 0 Å². The van der Waals surface area contributed by atoms with E-state index in [0.29, 0.717) is 6.42 Å². The molecule has 1 aliphatic rings. The van der Waals surface area contributed by atoms with Crippen LogP contribution in [0.5, 0.6) is 0 Å². The van der Waals surface area contributed by atoms with Crippen LogP contribution in [-0.2, 0) is 4.79 Å². The fraction of sp³-hybridized carbons (Fsp3) is 0.846. The average molecular weight is 272 g/mol. The van der Waals surface area contributed by atoms with E-state index in [0.717, 1.165) is 25.7 Å². The molecule has 1 aliphatic carbocycles. The molecule has 6 heteroatoms. The molecule has 0 saturated heterocycles. The molecule has 1 saturated carbocycles. The van der Waals surface area contributed by atoms with E-state index in [1.54, 1.807) is 14.0 Å². The Morgan fingerprint density at radius 3 is 2.58 bits per heavy atom. The Morgan fingerprint density at radius 1 is 1.32 bits per heavy atom. The second kappa shape index (κ2) is 7.33. The standard InChI is InChI=1S/C13H24N2O4/c1-9(12(17)18)8-15(2)13(19)14-10-6-4-3-5-7-11(10)16/h9-11,16H,3-8H2,1-2H3,(H,14,19)(H,17,18). The molecular formula is C13H24N2O4. The maximum atomic E-state index is 11.9. The Hall–Kier alpha value is -1.30. The molecule has 3 atom stereocenters. The van der Waals surface area contributed by atoms with Gasteiger partial charge in [0, 0.05) is 13.6 Å². The number of aliphatic hydroxyl groups is 1. The van der Waals surface area contributed by atoms with Crippen LogP contribution in [0.1, 0.15) is 39.0 Å². The van der Waals surface area contributed by atoms with Crippen molar-refractivity contribution >= 4 is 12.0 Å². The normalized spacial score (nSPS) is 25.2. The predicted octanol–water partition coefficient (Wildman–Crippen LogP) is 1.04. The molecule has 0 aromatic carbocycles. The number of hydrogen-bond acceptors (Lipinski definition) is 3. The smallest absolute Gasteiger partial charge is 0.317 e. The highest BCUT2D eigenvalue weighted by atomic mass is 16.4. The van der Waals surface area contributed by atoms with Crippen molar-refractivity contribution in [1.29, 1.82) is 0 Å². The van der Waals surface area contributed by atoms with Crippen molar-refractivity contribution in [2.45, 2.75) is 51.2 Å². The molecular weight excluding hydrogens is 248 g/mol. The van der Waals surface area contributed by atoms with Crippen molar-refractivity contribution in [3.63, 3.8) is 0 Å². The molecule has 0 spiro atoms. The van der Waals surface area contributed by atoms with Crippen molar-refractivity contribution < 1.29 is 19.8 Å². The Labute approximate surface area is 113 Å². The van der Waals surface area contributed by atoms with Crippen molar-refractivity contribution in [3.05, 3.63) is 0 Å². The van der Waals surface area contributed by atoms with Gasteiger partial charge in [-0.25, -0.2) is 4.79 Å². The first-order valence-electron chi connectivity index (χ1n) is 6.84. The summed E-state index contributed by atoms with van der Waals surface area (Å²) in [6.07, 6.45) is 4.04. The van der Waals surface area contributed by atoms with Crippen molar-refractivity contribution in [3.8, 4) is 0 Å². The summed E-state index contributed by atoms with van der Waals surface area (Å²) < 4.78 is 0. The molecule has 0 radical (unpaired) electrons. The number of carboxylic acid groups (broad SMARTS) is 1. The van der Waals surface area contributed by atoms with Gasteiger partial charge in [0.1, 0.15) is 0 Å². The SMILES string of the molecule is CC(CN(C)C(=O)NC1CCCCCC1O)C(=O)O. The maximum absolute atomic E-state index is 11.9. The quantitative estimate of drug-likeness (QED) is 0.667. The van der Waals surface area contributed by atoms with E-state index >= 15 is 0 Å². The van der Waals surface area contributed by atoms with Gasteiger partial charge in [0.25, 0.3) is 0 Å². The van der Waals surface area contributed by atoms with Crippen LogP contribution in [-0.4, -0.2) is 52.9 Å². The summed E-state index contributed by atoms with van der Waals surface area (Å²) >= 11 is 0. The zero-order valence-electron chi connectivity index (χ0n) is 11.6. The first-order valence-corrected chi connectivity index (χ1v) is 6.84. The minimum atomic E-state index is -0.922. The lowest BCUT2D eigenvalue weighted by molar-refractivity contribution is -0.141. The number of carbonyl (C=O) groups is 2. The molecule has 1 rings (SSSR count). The summed E-state index contributed by atoms with van der Waals surface area (Å²) in [5, 5.41) is 21.5. The molecule has 3 unspecified atom stereocenters. The second-order valence-electron chi connectivity index (χ2n) is 5.38. The molecule has 0 aromatic rings. The van der Waals surface area contributed by atoms with E-state index in [2.05, 4.69) is 5.32 Å². The lowest BCUT2D eigenvalue weighted by atomic mass is 10.1. The van der Waals surface area contributed by atoms with Crippen molar-refractivity contribution in [2.24, 2.45) is 5.92 Å². The zero-order valence-corrected chi connectivity index (χ0v) is 11.6. The first-order chi connectivity index (χ1) is 8.91. The van der Waals surface area contributed by atoms with Crippen LogP contribution in [0.25, 0.3) is 0 Å². The van der Waals surface area contributed by atoms with E-state index in [-0.39, 0.29) is 18.6 Å². The third-order valence-corrected chi connectivity index (χ3v) is 3.60. The second-order valence-corrected chi connectivity index (χ2v) is 5.38. The van der Waals surface area contributed by atoms with Gasteiger partial charge in [-0.1, -0.05) is 26.2 Å². The van der Waals surface area contributed by atoms with Gasteiger partial charge in [-0.3, -0.25) is 4.79 Å². The molecule has 1 fully saturated rings. The van der Waals surface area contributed by atoms with Gasteiger partial charge < -0.3 is 20.4 Å². The summed E-state index contributed by atoms with van der Waals surface area (Å²) in [6, 6.07) is -0.545. The highest BCUT2D eigenvalue weighted by molar-refractivity contribution is 5.76. The molecule has 3 N–H and O–H groups in total. The van der Waals surface area contributed by atoms with E-state index in [4.69, 9.17) is 5.11 Å².